The first-order chi connectivity index (χ1) is 9.60. The molecule has 5 nitrogen and oxygen atoms in total. The highest BCUT2D eigenvalue weighted by Crippen LogP contribution is 2.42. The van der Waals surface area contributed by atoms with E-state index in [0.717, 1.165) is 30.9 Å². The molecule has 110 valence electrons. The summed E-state index contributed by atoms with van der Waals surface area (Å²) in [6, 6.07) is 1.78. The van der Waals surface area contributed by atoms with Crippen LogP contribution in [0.3, 0.4) is 0 Å². The summed E-state index contributed by atoms with van der Waals surface area (Å²) >= 11 is 0. The molecule has 2 heterocycles. The number of hydrogen-bond donors (Lipinski definition) is 1. The molecule has 0 aromatic carbocycles. The molecule has 1 aliphatic carbocycles. The van der Waals surface area contributed by atoms with Gasteiger partial charge < -0.3 is 5.11 Å². The van der Waals surface area contributed by atoms with E-state index in [9.17, 15) is 9.90 Å². The van der Waals surface area contributed by atoms with E-state index in [1.54, 1.807) is 0 Å². The Morgan fingerprint density at radius 3 is 3.00 bits per heavy atom. The van der Waals surface area contributed by atoms with Crippen LogP contribution in [-0.2, 0) is 17.9 Å². The summed E-state index contributed by atoms with van der Waals surface area (Å²) in [6.45, 7) is 6.53. The molecular formula is C15H23N3O2. The zero-order valence-corrected chi connectivity index (χ0v) is 12.2. The van der Waals surface area contributed by atoms with Crippen molar-refractivity contribution in [1.82, 2.24) is 14.7 Å². The Bertz CT molecular complexity index is 511. The lowest BCUT2D eigenvalue weighted by atomic mass is 9.94. The maximum Gasteiger partial charge on any atom is 0.321 e. The van der Waals surface area contributed by atoms with Gasteiger partial charge >= 0.3 is 5.97 Å². The van der Waals surface area contributed by atoms with Crippen LogP contribution in [0.25, 0.3) is 0 Å². The van der Waals surface area contributed by atoms with Gasteiger partial charge in [0.25, 0.3) is 0 Å². The van der Waals surface area contributed by atoms with E-state index < -0.39 is 5.97 Å². The monoisotopic (exact) mass is 277 g/mol. The van der Waals surface area contributed by atoms with Gasteiger partial charge in [0.15, 0.2) is 0 Å². The van der Waals surface area contributed by atoms with Gasteiger partial charge in [0, 0.05) is 19.6 Å². The van der Waals surface area contributed by atoms with Crippen molar-refractivity contribution in [3.05, 3.63) is 17.5 Å². The molecule has 0 bridgehead atoms. The highest BCUT2D eigenvalue weighted by Gasteiger charge is 2.47. The third-order valence-corrected chi connectivity index (χ3v) is 4.89. The normalized spacial score (nSPS) is 29.8. The van der Waals surface area contributed by atoms with Crippen LogP contribution in [0, 0.1) is 18.8 Å². The molecule has 0 amide bonds. The Labute approximate surface area is 119 Å². The zero-order chi connectivity index (χ0) is 14.3. The standard InChI is InChI=1S/C15H23N3O2/c1-3-18-12(7-10(2)16-18)9-17-8-11-5-4-6-13(11)14(17)15(19)20/h7,11,13-14H,3-6,8-9H2,1-2H3,(H,19,20). The minimum Gasteiger partial charge on any atom is -0.480 e. The van der Waals surface area contributed by atoms with Crippen LogP contribution in [0.2, 0.25) is 0 Å². The molecule has 1 saturated heterocycles. The van der Waals surface area contributed by atoms with Crippen molar-refractivity contribution < 1.29 is 9.90 Å². The van der Waals surface area contributed by atoms with Crippen molar-refractivity contribution in [3.63, 3.8) is 0 Å². The van der Waals surface area contributed by atoms with Crippen molar-refractivity contribution in [3.8, 4) is 0 Å². The maximum absolute atomic E-state index is 11.6. The van der Waals surface area contributed by atoms with Gasteiger partial charge in [-0.15, -0.1) is 0 Å². The second kappa shape index (κ2) is 5.20. The second-order valence-electron chi connectivity index (χ2n) is 6.16. The largest absolute Gasteiger partial charge is 0.480 e. The molecule has 20 heavy (non-hydrogen) atoms. The molecule has 1 N–H and O–H groups in total. The summed E-state index contributed by atoms with van der Waals surface area (Å²) in [4.78, 5) is 13.8. The van der Waals surface area contributed by atoms with E-state index in [4.69, 9.17) is 0 Å². The average Bonchev–Trinajstić information content (AvgIpc) is 3.02. The lowest BCUT2D eigenvalue weighted by Gasteiger charge is -2.24. The topological polar surface area (TPSA) is 58.4 Å². The van der Waals surface area contributed by atoms with Gasteiger partial charge in [-0.2, -0.15) is 5.10 Å². The number of rotatable bonds is 4. The first kappa shape index (κ1) is 13.6. The van der Waals surface area contributed by atoms with Gasteiger partial charge in [-0.05, 0) is 44.6 Å². The smallest absolute Gasteiger partial charge is 0.321 e. The Hall–Kier alpha value is -1.36. The molecule has 0 spiro atoms. The molecular weight excluding hydrogens is 254 g/mol. The number of likely N-dealkylation sites (tertiary alicyclic amines) is 1. The predicted octanol–water partition coefficient (Wildman–Crippen LogP) is 1.90. The number of aromatic nitrogens is 2. The van der Waals surface area contributed by atoms with E-state index in [1.165, 1.54) is 12.8 Å². The number of hydrogen-bond acceptors (Lipinski definition) is 3. The predicted molar refractivity (Wildman–Crippen MR) is 75.3 cm³/mol. The summed E-state index contributed by atoms with van der Waals surface area (Å²) in [5.41, 5.74) is 2.14. The van der Waals surface area contributed by atoms with Crippen molar-refractivity contribution in [2.75, 3.05) is 6.54 Å². The Morgan fingerprint density at radius 2 is 2.30 bits per heavy atom. The van der Waals surface area contributed by atoms with Crippen LogP contribution in [0.5, 0.6) is 0 Å². The third kappa shape index (κ3) is 2.24. The number of nitrogens with zero attached hydrogens (tertiary/aromatic N) is 3. The second-order valence-corrected chi connectivity index (χ2v) is 6.16. The van der Waals surface area contributed by atoms with Crippen molar-refractivity contribution in [2.24, 2.45) is 11.8 Å². The number of carboxylic acids is 1. The Balaban J connectivity index is 1.80. The fraction of sp³-hybridized carbons (Fsp3) is 0.733. The van der Waals surface area contributed by atoms with E-state index in [-0.39, 0.29) is 6.04 Å². The first-order valence-corrected chi connectivity index (χ1v) is 7.60. The third-order valence-electron chi connectivity index (χ3n) is 4.89. The molecule has 5 heteroatoms. The summed E-state index contributed by atoms with van der Waals surface area (Å²) < 4.78 is 1.99. The number of fused-ring (bicyclic) bond motifs is 1. The lowest BCUT2D eigenvalue weighted by Crippen LogP contribution is -2.39. The van der Waals surface area contributed by atoms with E-state index >= 15 is 0 Å². The van der Waals surface area contributed by atoms with Crippen LogP contribution in [0.1, 0.15) is 37.6 Å². The van der Waals surface area contributed by atoms with Crippen molar-refractivity contribution >= 4 is 5.97 Å². The van der Waals surface area contributed by atoms with Crippen molar-refractivity contribution in [2.45, 2.75) is 52.2 Å². The van der Waals surface area contributed by atoms with Crippen LogP contribution in [0.15, 0.2) is 6.07 Å². The van der Waals surface area contributed by atoms with Gasteiger partial charge in [0.1, 0.15) is 6.04 Å². The molecule has 1 aliphatic heterocycles. The number of aliphatic carboxylic acids is 1. The highest BCUT2D eigenvalue weighted by atomic mass is 16.4. The minimum atomic E-state index is -0.654. The minimum absolute atomic E-state index is 0.303. The Morgan fingerprint density at radius 1 is 1.50 bits per heavy atom. The fourth-order valence-electron chi connectivity index (χ4n) is 4.10. The molecule has 3 rings (SSSR count). The summed E-state index contributed by atoms with van der Waals surface area (Å²) in [5, 5.41) is 14.0. The number of aryl methyl sites for hydroxylation is 2. The number of carboxylic acid groups (broad SMARTS) is 1. The van der Waals surface area contributed by atoms with Gasteiger partial charge in [0.2, 0.25) is 0 Å². The van der Waals surface area contributed by atoms with Crippen LogP contribution < -0.4 is 0 Å². The molecule has 3 unspecified atom stereocenters. The fourth-order valence-corrected chi connectivity index (χ4v) is 4.10. The zero-order valence-electron chi connectivity index (χ0n) is 12.2. The molecule has 1 aromatic heterocycles. The van der Waals surface area contributed by atoms with Gasteiger partial charge in [-0.25, -0.2) is 0 Å². The molecule has 0 radical (unpaired) electrons. The quantitative estimate of drug-likeness (QED) is 0.913. The van der Waals surface area contributed by atoms with Crippen LogP contribution >= 0.6 is 0 Å². The first-order valence-electron chi connectivity index (χ1n) is 7.60. The Kier molecular flexibility index (Phi) is 3.54. The maximum atomic E-state index is 11.6. The van der Waals surface area contributed by atoms with E-state index in [1.807, 2.05) is 11.6 Å². The summed E-state index contributed by atoms with van der Waals surface area (Å²) in [7, 11) is 0. The molecule has 1 saturated carbocycles. The SMILES string of the molecule is CCn1nc(C)cc1CN1CC2CCCC2C1C(=O)O. The summed E-state index contributed by atoms with van der Waals surface area (Å²) in [5.74, 6) is 0.278. The highest BCUT2D eigenvalue weighted by molar-refractivity contribution is 5.74. The van der Waals surface area contributed by atoms with Gasteiger partial charge in [-0.3, -0.25) is 14.4 Å². The van der Waals surface area contributed by atoms with Crippen LogP contribution in [-0.4, -0.2) is 38.3 Å². The van der Waals surface area contributed by atoms with Gasteiger partial charge in [0.05, 0.1) is 11.4 Å². The van der Waals surface area contributed by atoms with E-state index in [2.05, 4.69) is 23.0 Å². The average molecular weight is 277 g/mol. The molecule has 1 aromatic rings. The number of carbonyl (C=O) groups is 1. The molecule has 2 fully saturated rings. The van der Waals surface area contributed by atoms with Gasteiger partial charge in [-0.1, -0.05) is 6.42 Å². The molecule has 2 aliphatic rings. The lowest BCUT2D eigenvalue weighted by molar-refractivity contribution is -0.143. The van der Waals surface area contributed by atoms with E-state index in [0.29, 0.717) is 18.4 Å². The van der Waals surface area contributed by atoms with Crippen LogP contribution in [0.4, 0.5) is 0 Å². The summed E-state index contributed by atoms with van der Waals surface area (Å²) in [6.07, 6.45) is 3.46. The molecule has 3 atom stereocenters. The van der Waals surface area contributed by atoms with Crippen molar-refractivity contribution in [1.29, 1.82) is 0 Å².